The van der Waals surface area contributed by atoms with E-state index in [0.29, 0.717) is 60.2 Å². The van der Waals surface area contributed by atoms with Crippen molar-refractivity contribution in [2.45, 2.75) is 25.8 Å². The first-order valence-electron chi connectivity index (χ1n) is 10.8. The molecule has 0 fully saturated rings. The minimum Gasteiger partial charge on any atom is -0.366 e. The zero-order valence-corrected chi connectivity index (χ0v) is 18.8. The second kappa shape index (κ2) is 7.66. The topological polar surface area (TPSA) is 97.5 Å². The van der Waals surface area contributed by atoms with Gasteiger partial charge >= 0.3 is 0 Å². The number of rotatable bonds is 3. The number of hydrogen-bond acceptors (Lipinski definition) is 4. The van der Waals surface area contributed by atoms with Crippen LogP contribution in [0.3, 0.4) is 0 Å². The molecule has 2 aromatic rings. The minimum atomic E-state index is -3.31. The van der Waals surface area contributed by atoms with Crippen LogP contribution in [-0.2, 0) is 34.0 Å². The number of fused-ring (bicyclic) bond motifs is 3. The Balaban J connectivity index is 1.73. The number of halogens is 1. The van der Waals surface area contributed by atoms with Crippen LogP contribution in [0, 0.1) is 5.82 Å². The van der Waals surface area contributed by atoms with Gasteiger partial charge in [0.05, 0.1) is 11.5 Å². The molecular formula is C25H23FN2O4S. The summed E-state index contributed by atoms with van der Waals surface area (Å²) in [6.07, 6.45) is 2.59. The molecule has 5 rings (SSSR count). The Bertz CT molecular complexity index is 1390. The molecule has 0 unspecified atom stereocenters. The van der Waals surface area contributed by atoms with E-state index in [9.17, 15) is 18.0 Å². The Hall–Kier alpha value is -3.26. The maximum atomic E-state index is 15.7. The van der Waals surface area contributed by atoms with Crippen molar-refractivity contribution in [3.63, 3.8) is 0 Å². The molecule has 0 atom stereocenters. The molecule has 0 saturated carbocycles. The number of nitrogens with two attached hydrogens (primary N) is 1. The molecule has 0 bridgehead atoms. The van der Waals surface area contributed by atoms with Crippen molar-refractivity contribution in [3.8, 4) is 11.1 Å². The van der Waals surface area contributed by atoms with Crippen LogP contribution >= 0.6 is 0 Å². The highest BCUT2D eigenvalue weighted by molar-refractivity contribution is 7.91. The number of carbonyl (C=O) groups is 2. The molecule has 2 aromatic carbocycles. The number of allylic oxidation sites excluding steroid dienone is 1. The number of benzene rings is 2. The lowest BCUT2D eigenvalue weighted by molar-refractivity contribution is -0.126. The average Bonchev–Trinajstić information content (AvgIpc) is 3.14. The third kappa shape index (κ3) is 3.49. The molecule has 2 aliphatic heterocycles. The summed E-state index contributed by atoms with van der Waals surface area (Å²) in [5, 5.41) is 0. The lowest BCUT2D eigenvalue weighted by Gasteiger charge is -2.30. The van der Waals surface area contributed by atoms with Crippen LogP contribution < -0.4 is 5.73 Å². The monoisotopic (exact) mass is 466 g/mol. The van der Waals surface area contributed by atoms with Gasteiger partial charge in [0.1, 0.15) is 5.82 Å². The maximum Gasteiger partial charge on any atom is 0.249 e. The average molecular weight is 467 g/mol. The summed E-state index contributed by atoms with van der Waals surface area (Å²) < 4.78 is 40.6. The van der Waals surface area contributed by atoms with Crippen molar-refractivity contribution in [2.75, 3.05) is 18.1 Å². The van der Waals surface area contributed by atoms with Gasteiger partial charge in [-0.1, -0.05) is 30.4 Å². The van der Waals surface area contributed by atoms with Crippen molar-refractivity contribution in [3.05, 3.63) is 76.1 Å². The van der Waals surface area contributed by atoms with E-state index in [0.717, 1.165) is 16.7 Å². The van der Waals surface area contributed by atoms with Gasteiger partial charge in [-0.15, -0.1) is 0 Å². The Kier molecular flexibility index (Phi) is 5.01. The maximum absolute atomic E-state index is 15.7. The van der Waals surface area contributed by atoms with Crippen LogP contribution in [0.15, 0.2) is 42.5 Å². The number of sulfone groups is 1. The van der Waals surface area contributed by atoms with Gasteiger partial charge in [0.15, 0.2) is 9.84 Å². The lowest BCUT2D eigenvalue weighted by atomic mass is 9.85. The first kappa shape index (κ1) is 21.6. The first-order valence-corrected chi connectivity index (χ1v) is 12.6. The van der Waals surface area contributed by atoms with Gasteiger partial charge in [0, 0.05) is 24.2 Å². The van der Waals surface area contributed by atoms with Gasteiger partial charge in [0.25, 0.3) is 0 Å². The van der Waals surface area contributed by atoms with E-state index < -0.39 is 21.6 Å². The van der Waals surface area contributed by atoms with Gasteiger partial charge < -0.3 is 10.6 Å². The van der Waals surface area contributed by atoms with E-state index in [1.54, 1.807) is 4.90 Å². The number of hydrogen-bond donors (Lipinski definition) is 1. The number of nitrogens with zero attached hydrogens (tertiary/aromatic N) is 1. The Labute approximate surface area is 191 Å². The van der Waals surface area contributed by atoms with Crippen LogP contribution in [0.1, 0.15) is 39.0 Å². The molecule has 3 aliphatic rings. The SMILES string of the molecule is C=CC(=O)N1CCc2c(cccc2-c2c(F)cc(C(N)=O)c3c2C2=C(CCS(=O)(=O)C2)C3)C1. The molecule has 0 spiro atoms. The molecule has 6 nitrogen and oxygen atoms in total. The van der Waals surface area contributed by atoms with Gasteiger partial charge in [-0.25, -0.2) is 12.8 Å². The van der Waals surface area contributed by atoms with Gasteiger partial charge in [-0.3, -0.25) is 9.59 Å². The Morgan fingerprint density at radius 2 is 1.94 bits per heavy atom. The molecule has 0 aromatic heterocycles. The second-order valence-electron chi connectivity index (χ2n) is 8.76. The molecule has 33 heavy (non-hydrogen) atoms. The van der Waals surface area contributed by atoms with Gasteiger partial charge in [-0.2, -0.15) is 0 Å². The Morgan fingerprint density at radius 3 is 2.67 bits per heavy atom. The second-order valence-corrected chi connectivity index (χ2v) is 10.9. The van der Waals surface area contributed by atoms with Gasteiger partial charge in [-0.05, 0) is 64.8 Å². The van der Waals surface area contributed by atoms with E-state index >= 15 is 4.39 Å². The molecule has 2 amide bonds. The molecule has 2 heterocycles. The first-order chi connectivity index (χ1) is 15.7. The molecular weight excluding hydrogens is 443 g/mol. The molecule has 170 valence electrons. The quantitative estimate of drug-likeness (QED) is 0.704. The zero-order chi connectivity index (χ0) is 23.5. The fourth-order valence-corrected chi connectivity index (χ4v) is 6.82. The summed E-state index contributed by atoms with van der Waals surface area (Å²) in [5.74, 6) is -1.60. The fraction of sp³-hybridized carbons (Fsp3) is 0.280. The Morgan fingerprint density at radius 1 is 1.15 bits per heavy atom. The highest BCUT2D eigenvalue weighted by atomic mass is 32.2. The largest absolute Gasteiger partial charge is 0.366 e. The predicted octanol–water partition coefficient (Wildman–Crippen LogP) is 2.79. The van der Waals surface area contributed by atoms with Gasteiger partial charge in [0.2, 0.25) is 11.8 Å². The fourth-order valence-electron chi connectivity index (χ4n) is 5.33. The van der Waals surface area contributed by atoms with Crippen molar-refractivity contribution in [2.24, 2.45) is 5.73 Å². The van der Waals surface area contributed by atoms with Crippen molar-refractivity contribution in [1.29, 1.82) is 0 Å². The third-order valence-electron chi connectivity index (χ3n) is 6.87. The van der Waals surface area contributed by atoms with Crippen molar-refractivity contribution >= 4 is 27.2 Å². The predicted molar refractivity (Wildman–Crippen MR) is 124 cm³/mol. The summed E-state index contributed by atoms with van der Waals surface area (Å²) in [5.41, 5.74) is 11.1. The highest BCUT2D eigenvalue weighted by Crippen LogP contribution is 2.47. The smallest absolute Gasteiger partial charge is 0.249 e. The number of carbonyl (C=O) groups excluding carboxylic acids is 2. The van der Waals surface area contributed by atoms with E-state index in [2.05, 4.69) is 6.58 Å². The highest BCUT2D eigenvalue weighted by Gasteiger charge is 2.36. The summed E-state index contributed by atoms with van der Waals surface area (Å²) in [4.78, 5) is 25.9. The summed E-state index contributed by atoms with van der Waals surface area (Å²) in [7, 11) is -3.31. The third-order valence-corrected chi connectivity index (χ3v) is 8.43. The van der Waals surface area contributed by atoms with Crippen molar-refractivity contribution < 1.29 is 22.4 Å². The molecule has 1 aliphatic carbocycles. The number of amides is 2. The van der Waals surface area contributed by atoms with Crippen LogP contribution in [0.2, 0.25) is 0 Å². The molecule has 2 N–H and O–H groups in total. The van der Waals surface area contributed by atoms with Crippen molar-refractivity contribution in [1.82, 2.24) is 4.90 Å². The van der Waals surface area contributed by atoms with E-state index in [1.165, 1.54) is 12.1 Å². The summed E-state index contributed by atoms with van der Waals surface area (Å²) in [6, 6.07) is 6.72. The number of primary amides is 1. The molecule has 8 heteroatoms. The standard InChI is InChI=1S/C25H23FN2O4S/c1-2-22(29)28-8-6-16-15(12-28)4-3-5-17(16)24-21(26)11-19(25(27)30)18-10-14-7-9-33(31,32)13-20(14)23(18)24/h2-5,11H,1,6-10,12-13H2,(H2,27,30). The molecule has 0 saturated heterocycles. The zero-order valence-electron chi connectivity index (χ0n) is 18.0. The molecule has 0 radical (unpaired) electrons. The van der Waals surface area contributed by atoms with E-state index in [1.807, 2.05) is 18.2 Å². The summed E-state index contributed by atoms with van der Waals surface area (Å²) in [6.45, 7) is 4.41. The lowest BCUT2D eigenvalue weighted by Crippen LogP contribution is -2.35. The van der Waals surface area contributed by atoms with E-state index in [-0.39, 0.29) is 23.0 Å². The van der Waals surface area contributed by atoms with Crippen LogP contribution in [-0.4, -0.2) is 43.2 Å². The van der Waals surface area contributed by atoms with Crippen LogP contribution in [0.4, 0.5) is 4.39 Å². The minimum absolute atomic E-state index is 0.0530. The van der Waals surface area contributed by atoms with Crippen LogP contribution in [0.25, 0.3) is 16.7 Å². The normalized spacial score (nSPS) is 18.4. The van der Waals surface area contributed by atoms with Crippen LogP contribution in [0.5, 0.6) is 0 Å². The van der Waals surface area contributed by atoms with E-state index in [4.69, 9.17) is 5.73 Å². The summed E-state index contributed by atoms with van der Waals surface area (Å²) >= 11 is 0.